The van der Waals surface area contributed by atoms with E-state index in [1.54, 1.807) is 18.2 Å². The number of aromatic amines is 1. The van der Waals surface area contributed by atoms with Crippen molar-refractivity contribution in [1.82, 2.24) is 15.2 Å². The number of aromatic nitrogens is 3. The van der Waals surface area contributed by atoms with Crippen molar-refractivity contribution in [3.63, 3.8) is 0 Å². The van der Waals surface area contributed by atoms with Crippen molar-refractivity contribution in [1.29, 1.82) is 0 Å². The summed E-state index contributed by atoms with van der Waals surface area (Å²) in [7, 11) is 0. The van der Waals surface area contributed by atoms with Gasteiger partial charge in [0.25, 0.3) is 0 Å². The molecular weight excluding hydrogens is 274 g/mol. The standard InChI is InChI=1S/C15H12F2N4/c16-11-5-4-9(13(17)8-11)7-14-19-15(21-20-14)10-2-1-3-12(18)6-10/h1-6,8H,7,18H2,(H,19,20,21). The molecule has 0 aliphatic heterocycles. The molecule has 1 heterocycles. The minimum atomic E-state index is -0.603. The smallest absolute Gasteiger partial charge is 0.181 e. The molecule has 0 fully saturated rings. The van der Waals surface area contributed by atoms with Crippen molar-refractivity contribution >= 4 is 5.69 Å². The Hall–Kier alpha value is -2.76. The van der Waals surface area contributed by atoms with Gasteiger partial charge in [-0.1, -0.05) is 18.2 Å². The average Bonchev–Trinajstić information content (AvgIpc) is 2.91. The van der Waals surface area contributed by atoms with Crippen LogP contribution in [0.4, 0.5) is 14.5 Å². The van der Waals surface area contributed by atoms with Crippen LogP contribution >= 0.6 is 0 Å². The SMILES string of the molecule is Nc1cccc(-c2n[nH]c(Cc3ccc(F)cc3F)n2)c1. The molecule has 6 heteroatoms. The van der Waals surface area contributed by atoms with Gasteiger partial charge in [-0.2, -0.15) is 5.10 Å². The lowest BCUT2D eigenvalue weighted by Crippen LogP contribution is -1.95. The Morgan fingerprint density at radius 2 is 1.95 bits per heavy atom. The van der Waals surface area contributed by atoms with Gasteiger partial charge in [0, 0.05) is 23.7 Å². The molecule has 3 rings (SSSR count). The van der Waals surface area contributed by atoms with Crippen LogP contribution < -0.4 is 5.73 Å². The van der Waals surface area contributed by atoms with E-state index in [-0.39, 0.29) is 6.42 Å². The highest BCUT2D eigenvalue weighted by Crippen LogP contribution is 2.19. The van der Waals surface area contributed by atoms with Gasteiger partial charge in [-0.05, 0) is 23.8 Å². The topological polar surface area (TPSA) is 67.6 Å². The number of hydrogen-bond acceptors (Lipinski definition) is 3. The third-order valence-corrected chi connectivity index (χ3v) is 3.05. The largest absolute Gasteiger partial charge is 0.399 e. The molecule has 106 valence electrons. The fraction of sp³-hybridized carbons (Fsp3) is 0.0667. The van der Waals surface area contributed by atoms with Crippen LogP contribution in [-0.2, 0) is 6.42 Å². The second-order valence-corrected chi connectivity index (χ2v) is 4.64. The van der Waals surface area contributed by atoms with Crippen LogP contribution in [-0.4, -0.2) is 15.2 Å². The Labute approximate surface area is 119 Å². The van der Waals surface area contributed by atoms with E-state index in [0.717, 1.165) is 11.6 Å². The zero-order chi connectivity index (χ0) is 14.8. The van der Waals surface area contributed by atoms with Crippen molar-refractivity contribution in [3.05, 3.63) is 65.5 Å². The molecule has 2 aromatic carbocycles. The predicted molar refractivity (Wildman–Crippen MR) is 75.4 cm³/mol. The number of anilines is 1. The van der Waals surface area contributed by atoms with E-state index in [4.69, 9.17) is 5.73 Å². The zero-order valence-electron chi connectivity index (χ0n) is 11.0. The third kappa shape index (κ3) is 2.89. The lowest BCUT2D eigenvalue weighted by Gasteiger charge is -2.00. The first-order valence-corrected chi connectivity index (χ1v) is 6.33. The summed E-state index contributed by atoms with van der Waals surface area (Å²) in [6.07, 6.45) is 0.210. The summed E-state index contributed by atoms with van der Waals surface area (Å²) in [6.45, 7) is 0. The summed E-state index contributed by atoms with van der Waals surface area (Å²) < 4.78 is 26.5. The van der Waals surface area contributed by atoms with Gasteiger partial charge >= 0.3 is 0 Å². The maximum absolute atomic E-state index is 13.6. The highest BCUT2D eigenvalue weighted by Gasteiger charge is 2.10. The van der Waals surface area contributed by atoms with E-state index in [1.165, 1.54) is 12.1 Å². The van der Waals surface area contributed by atoms with Gasteiger partial charge in [0.2, 0.25) is 0 Å². The molecule has 4 nitrogen and oxygen atoms in total. The number of halogens is 2. The van der Waals surface area contributed by atoms with Crippen molar-refractivity contribution in [2.45, 2.75) is 6.42 Å². The summed E-state index contributed by atoms with van der Waals surface area (Å²) in [5.74, 6) is -0.219. The highest BCUT2D eigenvalue weighted by atomic mass is 19.1. The van der Waals surface area contributed by atoms with E-state index in [1.807, 2.05) is 6.07 Å². The van der Waals surface area contributed by atoms with Crippen LogP contribution in [0.2, 0.25) is 0 Å². The number of hydrogen-bond donors (Lipinski definition) is 2. The van der Waals surface area contributed by atoms with E-state index in [0.29, 0.717) is 22.9 Å². The van der Waals surface area contributed by atoms with Crippen LogP contribution in [0.3, 0.4) is 0 Å². The van der Waals surface area contributed by atoms with E-state index < -0.39 is 11.6 Å². The van der Waals surface area contributed by atoms with Gasteiger partial charge in [0.1, 0.15) is 17.5 Å². The molecule has 0 atom stereocenters. The molecule has 0 aliphatic rings. The Morgan fingerprint density at radius 1 is 1.10 bits per heavy atom. The molecule has 0 saturated heterocycles. The number of benzene rings is 2. The minimum Gasteiger partial charge on any atom is -0.399 e. The molecule has 0 bridgehead atoms. The van der Waals surface area contributed by atoms with Crippen molar-refractivity contribution in [2.75, 3.05) is 5.73 Å². The maximum atomic E-state index is 13.6. The fourth-order valence-corrected chi connectivity index (χ4v) is 2.03. The molecule has 0 radical (unpaired) electrons. The first-order valence-electron chi connectivity index (χ1n) is 6.33. The van der Waals surface area contributed by atoms with Gasteiger partial charge < -0.3 is 5.73 Å². The van der Waals surface area contributed by atoms with Crippen LogP contribution in [0.1, 0.15) is 11.4 Å². The summed E-state index contributed by atoms with van der Waals surface area (Å²) in [6, 6.07) is 10.6. The zero-order valence-corrected chi connectivity index (χ0v) is 11.0. The molecule has 21 heavy (non-hydrogen) atoms. The highest BCUT2D eigenvalue weighted by molar-refractivity contribution is 5.60. The van der Waals surface area contributed by atoms with Crippen LogP contribution in [0.15, 0.2) is 42.5 Å². The predicted octanol–water partition coefficient (Wildman–Crippen LogP) is 2.92. The number of nitrogens with one attached hydrogen (secondary N) is 1. The molecule has 0 amide bonds. The van der Waals surface area contributed by atoms with E-state index >= 15 is 0 Å². The number of nitrogens with zero attached hydrogens (tertiary/aromatic N) is 2. The van der Waals surface area contributed by atoms with Crippen LogP contribution in [0.25, 0.3) is 11.4 Å². The van der Waals surface area contributed by atoms with E-state index in [2.05, 4.69) is 15.2 Å². The number of rotatable bonds is 3. The molecule has 1 aromatic heterocycles. The second-order valence-electron chi connectivity index (χ2n) is 4.64. The molecule has 0 aliphatic carbocycles. The Morgan fingerprint density at radius 3 is 2.71 bits per heavy atom. The second kappa shape index (κ2) is 5.32. The molecule has 0 saturated carbocycles. The Balaban J connectivity index is 1.85. The van der Waals surface area contributed by atoms with Gasteiger partial charge in [0.05, 0.1) is 0 Å². The van der Waals surface area contributed by atoms with E-state index in [9.17, 15) is 8.78 Å². The summed E-state index contributed by atoms with van der Waals surface area (Å²) in [5, 5.41) is 6.83. The first-order chi connectivity index (χ1) is 10.1. The fourth-order valence-electron chi connectivity index (χ4n) is 2.03. The molecule has 3 aromatic rings. The summed E-state index contributed by atoms with van der Waals surface area (Å²) in [4.78, 5) is 4.30. The van der Waals surface area contributed by atoms with Gasteiger partial charge in [-0.15, -0.1) is 0 Å². The lowest BCUT2D eigenvalue weighted by molar-refractivity contribution is 0.573. The van der Waals surface area contributed by atoms with Crippen LogP contribution in [0, 0.1) is 11.6 Å². The number of nitrogen functional groups attached to an aromatic ring is 1. The summed E-state index contributed by atoms with van der Waals surface area (Å²) in [5.41, 5.74) is 7.45. The lowest BCUT2D eigenvalue weighted by atomic mass is 10.1. The van der Waals surface area contributed by atoms with Gasteiger partial charge in [-0.3, -0.25) is 5.10 Å². The van der Waals surface area contributed by atoms with Crippen LogP contribution in [0.5, 0.6) is 0 Å². The Bertz CT molecular complexity index is 783. The van der Waals surface area contributed by atoms with Gasteiger partial charge in [0.15, 0.2) is 5.82 Å². The van der Waals surface area contributed by atoms with Crippen molar-refractivity contribution in [2.24, 2.45) is 0 Å². The monoisotopic (exact) mass is 286 g/mol. The number of H-pyrrole nitrogens is 1. The maximum Gasteiger partial charge on any atom is 0.181 e. The molecule has 0 spiro atoms. The number of nitrogens with two attached hydrogens (primary N) is 1. The first kappa shape index (κ1) is 13.2. The molecule has 3 N–H and O–H groups in total. The summed E-state index contributed by atoms with van der Waals surface area (Å²) >= 11 is 0. The normalized spacial score (nSPS) is 10.8. The molecule has 0 unspecified atom stereocenters. The van der Waals surface area contributed by atoms with Crippen molar-refractivity contribution in [3.8, 4) is 11.4 Å². The minimum absolute atomic E-state index is 0.210. The van der Waals surface area contributed by atoms with Gasteiger partial charge in [-0.25, -0.2) is 13.8 Å². The average molecular weight is 286 g/mol. The quantitative estimate of drug-likeness (QED) is 0.727. The molecular formula is C15H12F2N4. The Kier molecular flexibility index (Phi) is 3.35. The third-order valence-electron chi connectivity index (χ3n) is 3.05. The van der Waals surface area contributed by atoms with Crippen molar-refractivity contribution < 1.29 is 8.78 Å².